The molecule has 29 heavy (non-hydrogen) atoms. The van der Waals surface area contributed by atoms with Crippen molar-refractivity contribution in [2.24, 2.45) is 0 Å². The maximum Gasteiger partial charge on any atom is 0.418 e. The van der Waals surface area contributed by atoms with Crippen LogP contribution in [-0.4, -0.2) is 32.0 Å². The van der Waals surface area contributed by atoms with Gasteiger partial charge in [-0.15, -0.1) is 0 Å². The molecule has 154 valence electrons. The SMILES string of the molecule is CC1CC(=O)N(CC(=O)Nc2ccccc2C(F)(F)F)c2ccccc2S1(=O)=O. The predicted molar refractivity (Wildman–Crippen MR) is 100 cm³/mol. The lowest BCUT2D eigenvalue weighted by molar-refractivity contribution is -0.137. The minimum atomic E-state index is -4.67. The first-order chi connectivity index (χ1) is 13.5. The molecule has 0 bridgehead atoms. The number of halogens is 3. The lowest BCUT2D eigenvalue weighted by Gasteiger charge is -2.22. The number of hydrogen-bond donors (Lipinski definition) is 1. The summed E-state index contributed by atoms with van der Waals surface area (Å²) in [6, 6.07) is 10.2. The summed E-state index contributed by atoms with van der Waals surface area (Å²) >= 11 is 0. The Kier molecular flexibility index (Phi) is 5.40. The van der Waals surface area contributed by atoms with Gasteiger partial charge < -0.3 is 10.2 Å². The number of para-hydroxylation sites is 2. The maximum atomic E-state index is 13.1. The van der Waals surface area contributed by atoms with E-state index in [1.165, 1.54) is 43.3 Å². The van der Waals surface area contributed by atoms with Gasteiger partial charge in [0, 0.05) is 6.42 Å². The van der Waals surface area contributed by atoms with Gasteiger partial charge in [-0.2, -0.15) is 13.2 Å². The Balaban J connectivity index is 1.92. The number of anilines is 2. The van der Waals surface area contributed by atoms with Crippen LogP contribution in [-0.2, 0) is 25.6 Å². The smallest absolute Gasteiger partial charge is 0.324 e. The van der Waals surface area contributed by atoms with Crippen molar-refractivity contribution in [1.82, 2.24) is 0 Å². The molecule has 0 spiro atoms. The first-order valence-corrected chi connectivity index (χ1v) is 10.2. The largest absolute Gasteiger partial charge is 0.418 e. The molecule has 0 fully saturated rings. The number of rotatable bonds is 3. The molecule has 1 N–H and O–H groups in total. The van der Waals surface area contributed by atoms with Crippen molar-refractivity contribution in [3.8, 4) is 0 Å². The number of sulfone groups is 1. The molecule has 6 nitrogen and oxygen atoms in total. The summed E-state index contributed by atoms with van der Waals surface area (Å²) in [5, 5.41) is 1.18. The zero-order valence-electron chi connectivity index (χ0n) is 15.2. The molecule has 1 aliphatic heterocycles. The molecule has 10 heteroatoms. The zero-order valence-corrected chi connectivity index (χ0v) is 16.0. The number of carbonyl (C=O) groups is 2. The molecule has 2 aromatic rings. The summed E-state index contributed by atoms with van der Waals surface area (Å²) < 4.78 is 64.6. The van der Waals surface area contributed by atoms with E-state index in [2.05, 4.69) is 5.32 Å². The zero-order chi connectivity index (χ0) is 21.4. The molecule has 1 unspecified atom stereocenters. The van der Waals surface area contributed by atoms with Crippen LogP contribution in [0, 0.1) is 0 Å². The molecule has 2 aromatic carbocycles. The van der Waals surface area contributed by atoms with Crippen molar-refractivity contribution in [3.05, 3.63) is 54.1 Å². The minimum absolute atomic E-state index is 0.0288. The number of nitrogens with one attached hydrogen (secondary N) is 1. The molecule has 0 saturated heterocycles. The Hall–Kier alpha value is -2.88. The van der Waals surface area contributed by atoms with E-state index in [1.54, 1.807) is 0 Å². The molecule has 1 heterocycles. The monoisotopic (exact) mass is 426 g/mol. The summed E-state index contributed by atoms with van der Waals surface area (Å²) in [5.41, 5.74) is -1.44. The third-order valence-electron chi connectivity index (χ3n) is 4.56. The van der Waals surface area contributed by atoms with Gasteiger partial charge in [-0.05, 0) is 31.2 Å². The number of amides is 2. The molecule has 3 rings (SSSR count). The molecule has 0 aliphatic carbocycles. The van der Waals surface area contributed by atoms with Crippen molar-refractivity contribution in [2.45, 2.75) is 29.7 Å². The van der Waals surface area contributed by atoms with Gasteiger partial charge in [-0.3, -0.25) is 9.59 Å². The standard InChI is InChI=1S/C19H17F3N2O4S/c1-12-10-18(26)24(15-8-4-5-9-16(15)29(12,27)28)11-17(25)23-14-7-3-2-6-13(14)19(20,21)22/h2-9,12H,10-11H2,1H3,(H,23,25). The third kappa shape index (κ3) is 4.12. The van der Waals surface area contributed by atoms with Gasteiger partial charge in [0.05, 0.1) is 27.1 Å². The number of carbonyl (C=O) groups excluding carboxylic acids is 2. The number of nitrogens with zero attached hydrogens (tertiary/aromatic N) is 1. The van der Waals surface area contributed by atoms with Crippen molar-refractivity contribution in [1.29, 1.82) is 0 Å². The quantitative estimate of drug-likeness (QED) is 0.817. The van der Waals surface area contributed by atoms with Crippen LogP contribution in [0.2, 0.25) is 0 Å². The number of hydrogen-bond acceptors (Lipinski definition) is 4. The van der Waals surface area contributed by atoms with Crippen LogP contribution in [0.15, 0.2) is 53.4 Å². The Morgan fingerprint density at radius 1 is 1.14 bits per heavy atom. The van der Waals surface area contributed by atoms with E-state index in [4.69, 9.17) is 0 Å². The fourth-order valence-electron chi connectivity index (χ4n) is 3.08. The highest BCUT2D eigenvalue weighted by atomic mass is 32.2. The van der Waals surface area contributed by atoms with E-state index in [9.17, 15) is 31.2 Å². The molecular formula is C19H17F3N2O4S. The molecule has 2 amide bonds. The van der Waals surface area contributed by atoms with Gasteiger partial charge in [0.15, 0.2) is 9.84 Å². The fourth-order valence-corrected chi connectivity index (χ4v) is 4.62. The van der Waals surface area contributed by atoms with E-state index < -0.39 is 50.9 Å². The van der Waals surface area contributed by atoms with E-state index >= 15 is 0 Å². The summed E-state index contributed by atoms with van der Waals surface area (Å²) in [5.74, 6) is -1.48. The number of alkyl halides is 3. The number of fused-ring (bicyclic) bond motifs is 1. The summed E-state index contributed by atoms with van der Waals surface area (Å²) in [6.45, 7) is 0.775. The molecule has 1 atom stereocenters. The van der Waals surface area contributed by atoms with Crippen molar-refractivity contribution < 1.29 is 31.2 Å². The second-order valence-corrected chi connectivity index (χ2v) is 8.93. The van der Waals surface area contributed by atoms with E-state index in [0.29, 0.717) is 0 Å². The molecule has 1 aliphatic rings. The van der Waals surface area contributed by atoms with Crippen LogP contribution in [0.3, 0.4) is 0 Å². The summed E-state index contributed by atoms with van der Waals surface area (Å²) in [7, 11) is -3.79. The van der Waals surface area contributed by atoms with Gasteiger partial charge in [-0.25, -0.2) is 8.42 Å². The van der Waals surface area contributed by atoms with Gasteiger partial charge in [0.25, 0.3) is 0 Å². The minimum Gasteiger partial charge on any atom is -0.324 e. The van der Waals surface area contributed by atoms with Crippen molar-refractivity contribution in [3.63, 3.8) is 0 Å². The fraction of sp³-hybridized carbons (Fsp3) is 0.263. The summed E-state index contributed by atoms with van der Waals surface area (Å²) in [6.07, 6.45) is -5.01. The van der Waals surface area contributed by atoms with Crippen molar-refractivity contribution in [2.75, 3.05) is 16.8 Å². The normalized spacial score (nSPS) is 18.7. The Labute approximate surface area is 165 Å². The van der Waals surface area contributed by atoms with Crippen LogP contribution in [0.25, 0.3) is 0 Å². The topological polar surface area (TPSA) is 83.6 Å². The van der Waals surface area contributed by atoms with Crippen LogP contribution in [0.1, 0.15) is 18.9 Å². The molecule has 0 saturated carbocycles. The molecular weight excluding hydrogens is 409 g/mol. The Morgan fingerprint density at radius 3 is 2.45 bits per heavy atom. The van der Waals surface area contributed by atoms with Crippen LogP contribution in [0.4, 0.5) is 24.5 Å². The van der Waals surface area contributed by atoms with E-state index in [1.807, 2.05) is 0 Å². The lowest BCUT2D eigenvalue weighted by Crippen LogP contribution is -2.38. The Morgan fingerprint density at radius 2 is 1.76 bits per heavy atom. The third-order valence-corrected chi connectivity index (χ3v) is 6.75. The summed E-state index contributed by atoms with van der Waals surface area (Å²) in [4.78, 5) is 25.9. The second-order valence-electron chi connectivity index (χ2n) is 6.60. The number of benzene rings is 2. The van der Waals surface area contributed by atoms with Gasteiger partial charge in [0.1, 0.15) is 6.54 Å². The highest BCUT2D eigenvalue weighted by Gasteiger charge is 2.37. The van der Waals surface area contributed by atoms with Crippen molar-refractivity contribution >= 4 is 33.0 Å². The van der Waals surface area contributed by atoms with E-state index in [-0.39, 0.29) is 17.0 Å². The van der Waals surface area contributed by atoms with Gasteiger partial charge in [0.2, 0.25) is 11.8 Å². The van der Waals surface area contributed by atoms with Crippen LogP contribution < -0.4 is 10.2 Å². The first kappa shape index (κ1) is 20.8. The van der Waals surface area contributed by atoms with Gasteiger partial charge >= 0.3 is 6.18 Å². The lowest BCUT2D eigenvalue weighted by atomic mass is 10.1. The highest BCUT2D eigenvalue weighted by molar-refractivity contribution is 7.92. The highest BCUT2D eigenvalue weighted by Crippen LogP contribution is 2.35. The first-order valence-electron chi connectivity index (χ1n) is 8.61. The van der Waals surface area contributed by atoms with Crippen LogP contribution >= 0.6 is 0 Å². The predicted octanol–water partition coefficient (Wildman–Crippen LogP) is 3.24. The second kappa shape index (κ2) is 7.51. The Bertz CT molecular complexity index is 1070. The molecule has 0 aromatic heterocycles. The molecule has 0 radical (unpaired) electrons. The maximum absolute atomic E-state index is 13.1. The average molecular weight is 426 g/mol. The van der Waals surface area contributed by atoms with E-state index in [0.717, 1.165) is 17.0 Å². The average Bonchev–Trinajstić information content (AvgIpc) is 2.71. The van der Waals surface area contributed by atoms with Crippen LogP contribution in [0.5, 0.6) is 0 Å². The van der Waals surface area contributed by atoms with Gasteiger partial charge in [-0.1, -0.05) is 24.3 Å².